The lowest BCUT2D eigenvalue weighted by Crippen LogP contribution is -2.43. The van der Waals surface area contributed by atoms with E-state index >= 15 is 0 Å². The van der Waals surface area contributed by atoms with Gasteiger partial charge in [0.1, 0.15) is 5.69 Å². The van der Waals surface area contributed by atoms with Gasteiger partial charge in [-0.25, -0.2) is 8.42 Å². The predicted molar refractivity (Wildman–Crippen MR) is 126 cm³/mol. The summed E-state index contributed by atoms with van der Waals surface area (Å²) in [4.78, 5) is 16.8. The van der Waals surface area contributed by atoms with Gasteiger partial charge in [0.15, 0.2) is 10.7 Å². The van der Waals surface area contributed by atoms with E-state index in [1.165, 1.54) is 4.31 Å². The summed E-state index contributed by atoms with van der Waals surface area (Å²) in [7, 11) is -3.90. The molecule has 0 spiro atoms. The minimum atomic E-state index is -3.90. The maximum absolute atomic E-state index is 13.5. The number of benzene rings is 1. The summed E-state index contributed by atoms with van der Waals surface area (Å²) < 4.78 is 33.7. The van der Waals surface area contributed by atoms with E-state index < -0.39 is 15.9 Å². The molecule has 2 aromatic heterocycles. The molecule has 1 unspecified atom stereocenters. The van der Waals surface area contributed by atoms with Gasteiger partial charge < -0.3 is 9.84 Å². The maximum atomic E-state index is 13.5. The van der Waals surface area contributed by atoms with Crippen LogP contribution in [0.25, 0.3) is 12.2 Å². The highest BCUT2D eigenvalue weighted by Gasteiger charge is 2.36. The highest BCUT2D eigenvalue weighted by Crippen LogP contribution is 2.29. The fraction of sp³-hybridized carbons (Fsp3) is 0.292. The molecule has 1 fully saturated rings. The highest BCUT2D eigenvalue weighted by atomic mass is 32.2. The number of nitrogens with one attached hydrogen (secondary N) is 1. The molecule has 1 N–H and O–H groups in total. The summed E-state index contributed by atoms with van der Waals surface area (Å²) in [6, 6.07) is 11.3. The normalized spacial score (nSPS) is 17.3. The van der Waals surface area contributed by atoms with E-state index in [9.17, 15) is 13.2 Å². The first-order valence-corrected chi connectivity index (χ1v) is 12.2. The monoisotopic (exact) mass is 466 g/mol. The fourth-order valence-corrected chi connectivity index (χ4v) is 5.61. The van der Waals surface area contributed by atoms with E-state index in [2.05, 4.69) is 15.5 Å². The van der Waals surface area contributed by atoms with Crippen LogP contribution in [0.4, 0.5) is 5.69 Å². The number of carbonyl (C=O) groups excluding carboxylic acids is 1. The van der Waals surface area contributed by atoms with E-state index in [1.54, 1.807) is 43.6 Å². The first kappa shape index (κ1) is 22.9. The topological polar surface area (TPSA) is 105 Å². The molecule has 4 rings (SSSR count). The van der Waals surface area contributed by atoms with Crippen LogP contribution in [0.2, 0.25) is 0 Å². The molecule has 1 aromatic carbocycles. The van der Waals surface area contributed by atoms with Crippen molar-refractivity contribution in [3.8, 4) is 0 Å². The molecule has 0 radical (unpaired) electrons. The average Bonchev–Trinajstić information content (AvgIpc) is 3.20. The van der Waals surface area contributed by atoms with Crippen LogP contribution in [-0.2, 0) is 14.8 Å². The van der Waals surface area contributed by atoms with Gasteiger partial charge in [-0.05, 0) is 50.5 Å². The number of anilines is 1. The van der Waals surface area contributed by atoms with Crippen molar-refractivity contribution < 1.29 is 17.7 Å². The standard InChI is InChI=1S/C24H26N4O4S/c1-17-7-9-19(10-8-17)11-12-22-23(18(2)27-32-22)33(30,31)28-14-4-5-20(16-28)24(29)26-21-6-3-13-25-15-21/h3,6-13,15,20H,4-5,14,16H2,1-2H3,(H,26,29). The van der Waals surface area contributed by atoms with Crippen LogP contribution in [0.1, 0.15) is 35.4 Å². The zero-order valence-corrected chi connectivity index (χ0v) is 19.4. The summed E-state index contributed by atoms with van der Waals surface area (Å²) >= 11 is 0. The van der Waals surface area contributed by atoms with Crippen molar-refractivity contribution in [2.75, 3.05) is 18.4 Å². The van der Waals surface area contributed by atoms with Gasteiger partial charge in [0.25, 0.3) is 0 Å². The van der Waals surface area contributed by atoms with Crippen molar-refractivity contribution in [2.45, 2.75) is 31.6 Å². The van der Waals surface area contributed by atoms with Gasteiger partial charge in [0, 0.05) is 19.3 Å². The summed E-state index contributed by atoms with van der Waals surface area (Å²) in [6.07, 6.45) is 7.79. The Balaban J connectivity index is 1.53. The third kappa shape index (κ3) is 5.20. The van der Waals surface area contributed by atoms with Crippen molar-refractivity contribution in [1.82, 2.24) is 14.4 Å². The lowest BCUT2D eigenvalue weighted by atomic mass is 9.99. The number of carbonyl (C=O) groups is 1. The maximum Gasteiger partial charge on any atom is 0.248 e. The number of nitrogens with zero attached hydrogens (tertiary/aromatic N) is 3. The van der Waals surface area contributed by atoms with Crippen molar-refractivity contribution >= 4 is 33.8 Å². The third-order valence-electron chi connectivity index (χ3n) is 5.62. The van der Waals surface area contributed by atoms with Gasteiger partial charge in [0.05, 0.1) is 17.8 Å². The number of pyridine rings is 1. The zero-order chi connectivity index (χ0) is 23.4. The Labute approximate surface area is 193 Å². The van der Waals surface area contributed by atoms with E-state index in [0.29, 0.717) is 30.8 Å². The second kappa shape index (κ2) is 9.68. The summed E-state index contributed by atoms with van der Waals surface area (Å²) in [6.45, 7) is 4.04. The number of sulfonamides is 1. The van der Waals surface area contributed by atoms with Crippen LogP contribution in [-0.4, -0.2) is 41.9 Å². The minimum Gasteiger partial charge on any atom is -0.355 e. The molecule has 0 aliphatic carbocycles. The minimum absolute atomic E-state index is 0.0409. The number of aromatic nitrogens is 2. The van der Waals surface area contributed by atoms with Crippen molar-refractivity contribution in [3.63, 3.8) is 0 Å². The number of hydrogen-bond acceptors (Lipinski definition) is 6. The molecule has 1 atom stereocenters. The molecule has 3 heterocycles. The summed E-state index contributed by atoms with van der Waals surface area (Å²) in [5.41, 5.74) is 2.93. The first-order chi connectivity index (χ1) is 15.8. The van der Waals surface area contributed by atoms with Crippen LogP contribution in [0.15, 0.2) is 58.2 Å². The van der Waals surface area contributed by atoms with Gasteiger partial charge in [0.2, 0.25) is 15.9 Å². The fourth-order valence-electron chi connectivity index (χ4n) is 3.83. The van der Waals surface area contributed by atoms with Crippen LogP contribution in [0.5, 0.6) is 0 Å². The van der Waals surface area contributed by atoms with E-state index in [-0.39, 0.29) is 23.1 Å². The van der Waals surface area contributed by atoms with Crippen LogP contribution < -0.4 is 5.32 Å². The Hall–Kier alpha value is -3.30. The Bertz CT molecular complexity index is 1250. The molecule has 8 nitrogen and oxygen atoms in total. The SMILES string of the molecule is Cc1ccc(C=Cc2onc(C)c2S(=O)(=O)N2CCCC(C(=O)Nc3cccnc3)C2)cc1. The molecule has 1 amide bonds. The van der Waals surface area contributed by atoms with Crippen LogP contribution in [0.3, 0.4) is 0 Å². The quantitative estimate of drug-likeness (QED) is 0.591. The largest absolute Gasteiger partial charge is 0.355 e. The smallest absolute Gasteiger partial charge is 0.248 e. The second-order valence-corrected chi connectivity index (χ2v) is 10.0. The molecule has 3 aromatic rings. The molecular weight excluding hydrogens is 440 g/mol. The number of hydrogen-bond donors (Lipinski definition) is 1. The third-order valence-corrected chi connectivity index (χ3v) is 7.64. The molecule has 1 aliphatic rings. The summed E-state index contributed by atoms with van der Waals surface area (Å²) in [5.74, 6) is -0.500. The molecule has 9 heteroatoms. The van der Waals surface area contributed by atoms with E-state index in [4.69, 9.17) is 4.52 Å². The van der Waals surface area contributed by atoms with Gasteiger partial charge in [-0.15, -0.1) is 0 Å². The lowest BCUT2D eigenvalue weighted by molar-refractivity contribution is -0.120. The van der Waals surface area contributed by atoms with E-state index in [1.807, 2.05) is 31.2 Å². The van der Waals surface area contributed by atoms with Gasteiger partial charge in [-0.1, -0.05) is 41.1 Å². The second-order valence-electron chi connectivity index (χ2n) is 8.14. The molecular formula is C24H26N4O4S. The zero-order valence-electron chi connectivity index (χ0n) is 18.6. The number of piperidine rings is 1. The Morgan fingerprint density at radius 2 is 1.97 bits per heavy atom. The molecule has 0 saturated carbocycles. The van der Waals surface area contributed by atoms with Gasteiger partial charge >= 0.3 is 0 Å². The number of rotatable bonds is 6. The van der Waals surface area contributed by atoms with Crippen LogP contribution in [0, 0.1) is 19.8 Å². The molecule has 33 heavy (non-hydrogen) atoms. The Morgan fingerprint density at radius 3 is 2.70 bits per heavy atom. The Kier molecular flexibility index (Phi) is 6.71. The number of aryl methyl sites for hydroxylation is 2. The Morgan fingerprint density at radius 1 is 1.18 bits per heavy atom. The first-order valence-electron chi connectivity index (χ1n) is 10.8. The van der Waals surface area contributed by atoms with E-state index in [0.717, 1.165) is 11.1 Å². The molecule has 0 bridgehead atoms. The van der Waals surface area contributed by atoms with Crippen LogP contribution >= 0.6 is 0 Å². The van der Waals surface area contributed by atoms with Gasteiger partial charge in [-0.3, -0.25) is 9.78 Å². The molecule has 1 saturated heterocycles. The lowest BCUT2D eigenvalue weighted by Gasteiger charge is -2.31. The predicted octanol–water partition coefficient (Wildman–Crippen LogP) is 3.90. The average molecular weight is 467 g/mol. The highest BCUT2D eigenvalue weighted by molar-refractivity contribution is 7.89. The van der Waals surface area contributed by atoms with Crippen molar-refractivity contribution in [1.29, 1.82) is 0 Å². The van der Waals surface area contributed by atoms with Crippen molar-refractivity contribution in [2.24, 2.45) is 5.92 Å². The molecule has 1 aliphatic heterocycles. The van der Waals surface area contributed by atoms with Gasteiger partial charge in [-0.2, -0.15) is 4.31 Å². The summed E-state index contributed by atoms with van der Waals surface area (Å²) in [5, 5.41) is 6.71. The van der Waals surface area contributed by atoms with Crippen molar-refractivity contribution in [3.05, 3.63) is 71.4 Å². The number of amides is 1. The molecule has 172 valence electrons.